The van der Waals surface area contributed by atoms with Crippen LogP contribution in [0.15, 0.2) is 36.4 Å². The van der Waals surface area contributed by atoms with E-state index >= 15 is 0 Å². The molecule has 3 rings (SSSR count). The Morgan fingerprint density at radius 3 is 2.71 bits per heavy atom. The van der Waals surface area contributed by atoms with E-state index in [1.807, 2.05) is 24.3 Å². The maximum Gasteiger partial charge on any atom is 0.315 e. The van der Waals surface area contributed by atoms with Gasteiger partial charge >= 0.3 is 11.7 Å². The molecule has 0 amide bonds. The van der Waals surface area contributed by atoms with Crippen LogP contribution in [0.5, 0.6) is 11.5 Å². The summed E-state index contributed by atoms with van der Waals surface area (Å²) in [4.78, 5) is 26.1. The third-order valence-electron chi connectivity index (χ3n) is 4.01. The lowest BCUT2D eigenvalue weighted by Gasteiger charge is -2.07. The van der Waals surface area contributed by atoms with Gasteiger partial charge in [-0.25, -0.2) is 4.98 Å². The number of aromatic nitrogens is 1. The van der Waals surface area contributed by atoms with Crippen LogP contribution in [0.3, 0.4) is 0 Å². The van der Waals surface area contributed by atoms with Gasteiger partial charge < -0.3 is 14.9 Å². The summed E-state index contributed by atoms with van der Waals surface area (Å²) >= 11 is 1.41. The third kappa shape index (κ3) is 4.09. The Balaban J connectivity index is 2.12. The number of nitro benzene ring substituents is 1. The first kappa shape index (κ1) is 19.3. The second-order valence-corrected chi connectivity index (χ2v) is 6.93. The molecule has 0 aliphatic rings. The maximum atomic E-state index is 11.2. The summed E-state index contributed by atoms with van der Waals surface area (Å²) in [5.74, 6) is -1.56. The molecule has 0 bridgehead atoms. The lowest BCUT2D eigenvalue weighted by atomic mass is 10.1. The number of para-hydroxylation sites is 1. The Labute approximate surface area is 163 Å². The van der Waals surface area contributed by atoms with E-state index in [-0.39, 0.29) is 18.6 Å². The highest BCUT2D eigenvalue weighted by Gasteiger charge is 2.20. The predicted molar refractivity (Wildman–Crippen MR) is 106 cm³/mol. The second kappa shape index (κ2) is 8.05. The van der Waals surface area contributed by atoms with Gasteiger partial charge in [-0.15, -0.1) is 11.3 Å². The van der Waals surface area contributed by atoms with Crippen molar-refractivity contribution in [3.8, 4) is 11.5 Å². The Bertz CT molecular complexity index is 1060. The van der Waals surface area contributed by atoms with Gasteiger partial charge in [-0.05, 0) is 41.8 Å². The molecule has 0 aliphatic carbocycles. The normalized spacial score (nSPS) is 11.5. The monoisotopic (exact) mass is 400 g/mol. The zero-order chi connectivity index (χ0) is 20.3. The molecule has 0 radical (unpaired) electrons. The first-order chi connectivity index (χ1) is 13.4. The number of aromatic hydroxyl groups is 1. The molecule has 1 heterocycles. The lowest BCUT2D eigenvalue weighted by Crippen LogP contribution is -1.96. The number of methoxy groups -OCH3 is 1. The van der Waals surface area contributed by atoms with Crippen molar-refractivity contribution < 1.29 is 24.7 Å². The van der Waals surface area contributed by atoms with Crippen LogP contribution in [0.2, 0.25) is 0 Å². The third-order valence-corrected chi connectivity index (χ3v) is 5.12. The Morgan fingerprint density at radius 2 is 2.07 bits per heavy atom. The fourth-order valence-electron chi connectivity index (χ4n) is 2.69. The number of carboxylic acid groups (broad SMARTS) is 1. The molecule has 0 spiro atoms. The largest absolute Gasteiger partial charge is 0.500 e. The number of allylic oxidation sites excluding steroid dienone is 1. The Hall–Kier alpha value is -3.46. The molecular weight excluding hydrogens is 384 g/mol. The number of carbonyl (C=O) groups is 1. The highest BCUT2D eigenvalue weighted by molar-refractivity contribution is 7.19. The highest BCUT2D eigenvalue weighted by Crippen LogP contribution is 2.38. The van der Waals surface area contributed by atoms with Gasteiger partial charge in [0, 0.05) is 12.5 Å². The van der Waals surface area contributed by atoms with E-state index in [2.05, 4.69) is 4.98 Å². The van der Waals surface area contributed by atoms with E-state index in [0.717, 1.165) is 10.2 Å². The zero-order valence-corrected chi connectivity index (χ0v) is 15.6. The number of ether oxygens (including phenoxy) is 1. The van der Waals surface area contributed by atoms with Crippen LogP contribution in [0.1, 0.15) is 23.4 Å². The first-order valence-electron chi connectivity index (χ1n) is 8.22. The fraction of sp³-hybridized carbons (Fsp3) is 0.158. The molecule has 0 unspecified atom stereocenters. The summed E-state index contributed by atoms with van der Waals surface area (Å²) in [6.45, 7) is 0. The molecule has 9 heteroatoms. The molecular formula is C19H16N2O6S. The summed E-state index contributed by atoms with van der Waals surface area (Å²) in [7, 11) is 1.30. The number of hydrogen-bond acceptors (Lipinski definition) is 7. The number of phenols is 1. The molecule has 3 aromatic rings. The van der Waals surface area contributed by atoms with Crippen LogP contribution in [0.25, 0.3) is 21.9 Å². The van der Waals surface area contributed by atoms with Crippen molar-refractivity contribution in [3.05, 3.63) is 57.1 Å². The molecule has 2 aromatic carbocycles. The molecule has 1 aromatic heterocycles. The standard InChI is InChI=1S/C19H16N2O6S/c1-27-15-10-11(9-14(18(15)24)21(25)26)8-12(6-7-17(22)23)19-20-13-4-2-3-5-16(13)28-19/h2-5,8-10,24H,6-7H2,1H3,(H,22,23). The quantitative estimate of drug-likeness (QED) is 0.447. The number of hydrogen-bond donors (Lipinski definition) is 2. The van der Waals surface area contributed by atoms with Crippen molar-refractivity contribution in [2.24, 2.45) is 0 Å². The van der Waals surface area contributed by atoms with E-state index in [1.165, 1.54) is 30.6 Å². The predicted octanol–water partition coefficient (Wildman–Crippen LogP) is 4.32. The minimum absolute atomic E-state index is 0.0395. The van der Waals surface area contributed by atoms with E-state index in [1.54, 1.807) is 6.08 Å². The molecule has 144 valence electrons. The van der Waals surface area contributed by atoms with E-state index < -0.39 is 22.3 Å². The SMILES string of the molecule is COc1cc(C=C(CCC(=O)O)c2nc3ccccc3s2)cc([N+](=O)[O-])c1O. The van der Waals surface area contributed by atoms with Gasteiger partial charge in [0.25, 0.3) is 0 Å². The Morgan fingerprint density at radius 1 is 1.32 bits per heavy atom. The lowest BCUT2D eigenvalue weighted by molar-refractivity contribution is -0.386. The van der Waals surface area contributed by atoms with Gasteiger partial charge in [0.05, 0.1) is 22.2 Å². The summed E-state index contributed by atoms with van der Waals surface area (Å²) in [5, 5.41) is 30.8. The minimum atomic E-state index is -0.957. The molecule has 0 aliphatic heterocycles. The van der Waals surface area contributed by atoms with Crippen molar-refractivity contribution >= 4 is 44.9 Å². The summed E-state index contributed by atoms with van der Waals surface area (Å²) in [6, 6.07) is 10.2. The van der Waals surface area contributed by atoms with Crippen LogP contribution < -0.4 is 4.74 Å². The smallest absolute Gasteiger partial charge is 0.315 e. The van der Waals surface area contributed by atoms with Crippen LogP contribution in [0, 0.1) is 10.1 Å². The van der Waals surface area contributed by atoms with Gasteiger partial charge in [-0.3, -0.25) is 14.9 Å². The van der Waals surface area contributed by atoms with Gasteiger partial charge in [-0.2, -0.15) is 0 Å². The van der Waals surface area contributed by atoms with Crippen molar-refractivity contribution in [2.75, 3.05) is 7.11 Å². The average molecular weight is 400 g/mol. The average Bonchev–Trinajstić information content (AvgIpc) is 3.09. The van der Waals surface area contributed by atoms with Gasteiger partial charge in [0.2, 0.25) is 5.75 Å². The van der Waals surface area contributed by atoms with Crippen molar-refractivity contribution in [3.63, 3.8) is 0 Å². The number of rotatable bonds is 7. The molecule has 0 fully saturated rings. The van der Waals surface area contributed by atoms with Crippen molar-refractivity contribution in [1.29, 1.82) is 0 Å². The zero-order valence-electron chi connectivity index (χ0n) is 14.8. The number of phenolic OH excluding ortho intramolecular Hbond substituents is 1. The molecule has 8 nitrogen and oxygen atoms in total. The number of benzene rings is 2. The highest BCUT2D eigenvalue weighted by atomic mass is 32.1. The van der Waals surface area contributed by atoms with Crippen molar-refractivity contribution in [1.82, 2.24) is 4.98 Å². The summed E-state index contributed by atoms with van der Waals surface area (Å²) < 4.78 is 5.97. The number of thiazole rings is 1. The van der Waals surface area contributed by atoms with E-state index in [9.17, 15) is 20.0 Å². The maximum absolute atomic E-state index is 11.2. The first-order valence-corrected chi connectivity index (χ1v) is 9.04. The van der Waals surface area contributed by atoms with E-state index in [4.69, 9.17) is 9.84 Å². The number of fused-ring (bicyclic) bond motifs is 1. The number of carboxylic acids is 1. The number of nitrogens with zero attached hydrogens (tertiary/aromatic N) is 2. The number of nitro groups is 1. The molecule has 28 heavy (non-hydrogen) atoms. The van der Waals surface area contributed by atoms with Crippen LogP contribution in [-0.2, 0) is 4.79 Å². The van der Waals surface area contributed by atoms with Gasteiger partial charge in [0.1, 0.15) is 5.01 Å². The molecule has 0 atom stereocenters. The van der Waals surface area contributed by atoms with Gasteiger partial charge in [0.15, 0.2) is 5.75 Å². The Kier molecular flexibility index (Phi) is 5.55. The van der Waals surface area contributed by atoms with Crippen molar-refractivity contribution in [2.45, 2.75) is 12.8 Å². The summed E-state index contributed by atoms with van der Waals surface area (Å²) in [5.41, 5.74) is 1.33. The van der Waals surface area contributed by atoms with Crippen LogP contribution >= 0.6 is 11.3 Å². The fourth-order valence-corrected chi connectivity index (χ4v) is 3.69. The second-order valence-electron chi connectivity index (χ2n) is 5.90. The minimum Gasteiger partial charge on any atom is -0.500 e. The summed E-state index contributed by atoms with van der Waals surface area (Å²) in [6.07, 6.45) is 1.72. The molecule has 0 saturated heterocycles. The van der Waals surface area contributed by atoms with Crippen LogP contribution in [0.4, 0.5) is 5.69 Å². The number of aliphatic carboxylic acids is 1. The molecule has 0 saturated carbocycles. The topological polar surface area (TPSA) is 123 Å². The van der Waals surface area contributed by atoms with Crippen LogP contribution in [-0.4, -0.2) is 33.2 Å². The molecule has 2 N–H and O–H groups in total. The van der Waals surface area contributed by atoms with E-state index in [0.29, 0.717) is 16.1 Å². The van der Waals surface area contributed by atoms with Gasteiger partial charge in [-0.1, -0.05) is 12.1 Å².